The van der Waals surface area contributed by atoms with Crippen molar-refractivity contribution in [3.63, 3.8) is 0 Å². The number of aromatic hydroxyl groups is 3. The van der Waals surface area contributed by atoms with Crippen molar-refractivity contribution >= 4 is 0 Å². The minimum atomic E-state index is -0.242. The van der Waals surface area contributed by atoms with Crippen LogP contribution < -0.4 is 0 Å². The van der Waals surface area contributed by atoms with Gasteiger partial charge in [-0.1, -0.05) is 43.3 Å². The first-order chi connectivity index (χ1) is 13.3. The normalized spacial score (nSPS) is 11.5. The van der Waals surface area contributed by atoms with Gasteiger partial charge in [-0.2, -0.15) is 0 Å². The number of rotatable bonds is 6. The Morgan fingerprint density at radius 2 is 1.21 bits per heavy atom. The van der Waals surface area contributed by atoms with Gasteiger partial charge in [-0.3, -0.25) is 0 Å². The Morgan fingerprint density at radius 1 is 0.714 bits per heavy atom. The van der Waals surface area contributed by atoms with Gasteiger partial charge in [0.2, 0.25) is 0 Å². The summed E-state index contributed by atoms with van der Waals surface area (Å²) in [5.74, 6) is 0.891. The molecule has 3 nitrogen and oxygen atoms in total. The minimum absolute atomic E-state index is 0.242. The van der Waals surface area contributed by atoms with Crippen molar-refractivity contribution < 1.29 is 15.3 Å². The third-order valence-electron chi connectivity index (χ3n) is 5.75. The Kier molecular flexibility index (Phi) is 5.64. The topological polar surface area (TPSA) is 60.7 Å². The summed E-state index contributed by atoms with van der Waals surface area (Å²) in [6, 6.07) is 19.0. The van der Waals surface area contributed by atoms with Crippen LogP contribution in [0.15, 0.2) is 60.7 Å². The molecule has 3 aromatic carbocycles. The van der Waals surface area contributed by atoms with Gasteiger partial charge in [0, 0.05) is 5.41 Å². The van der Waals surface area contributed by atoms with Crippen LogP contribution in [0.25, 0.3) is 0 Å². The molecule has 0 bridgehead atoms. The molecular weight excluding hydrogens is 348 g/mol. The SMILES string of the molecule is Cc1cc(C(C)(CCCc2ccc(O)cc2)c2ccc(O)c(C)c2)ccc1O. The van der Waals surface area contributed by atoms with E-state index in [0.717, 1.165) is 41.5 Å². The Labute approximate surface area is 166 Å². The Bertz CT molecular complexity index is 907. The number of hydrogen-bond donors (Lipinski definition) is 3. The molecular formula is C25H28O3. The van der Waals surface area contributed by atoms with E-state index in [2.05, 4.69) is 19.1 Å². The molecule has 0 aromatic heterocycles. The average Bonchev–Trinajstić information content (AvgIpc) is 2.67. The summed E-state index contributed by atoms with van der Waals surface area (Å²) in [4.78, 5) is 0. The Balaban J connectivity index is 1.92. The monoisotopic (exact) mass is 376 g/mol. The van der Waals surface area contributed by atoms with Gasteiger partial charge < -0.3 is 15.3 Å². The summed E-state index contributed by atoms with van der Waals surface area (Å²) in [5, 5.41) is 29.4. The molecule has 0 amide bonds. The van der Waals surface area contributed by atoms with Crippen molar-refractivity contribution in [2.75, 3.05) is 0 Å². The molecule has 0 aliphatic heterocycles. The highest BCUT2D eigenvalue weighted by Gasteiger charge is 2.29. The number of phenols is 3. The van der Waals surface area contributed by atoms with E-state index < -0.39 is 0 Å². The molecule has 0 atom stereocenters. The first kappa shape index (κ1) is 19.8. The molecule has 3 N–H and O–H groups in total. The van der Waals surface area contributed by atoms with Crippen molar-refractivity contribution in [1.82, 2.24) is 0 Å². The van der Waals surface area contributed by atoms with Gasteiger partial charge in [-0.15, -0.1) is 0 Å². The average molecular weight is 376 g/mol. The number of benzene rings is 3. The maximum atomic E-state index is 9.95. The molecule has 0 aliphatic rings. The fraction of sp³-hybridized carbons (Fsp3) is 0.280. The van der Waals surface area contributed by atoms with E-state index >= 15 is 0 Å². The lowest BCUT2D eigenvalue weighted by molar-refractivity contribution is 0.463. The van der Waals surface area contributed by atoms with Crippen molar-refractivity contribution in [3.8, 4) is 17.2 Å². The second kappa shape index (κ2) is 7.97. The van der Waals surface area contributed by atoms with Crippen LogP contribution in [0.2, 0.25) is 0 Å². The minimum Gasteiger partial charge on any atom is -0.508 e. The third-order valence-corrected chi connectivity index (χ3v) is 5.75. The largest absolute Gasteiger partial charge is 0.508 e. The molecule has 0 spiro atoms. The molecule has 3 rings (SSSR count). The van der Waals surface area contributed by atoms with Gasteiger partial charge in [0.1, 0.15) is 17.2 Å². The van der Waals surface area contributed by atoms with Crippen LogP contribution in [0.1, 0.15) is 47.6 Å². The van der Waals surface area contributed by atoms with Gasteiger partial charge >= 0.3 is 0 Å². The molecule has 3 aromatic rings. The molecule has 0 saturated heterocycles. The van der Waals surface area contributed by atoms with Crippen LogP contribution in [-0.4, -0.2) is 15.3 Å². The molecule has 0 aliphatic carbocycles. The van der Waals surface area contributed by atoms with E-state index in [0.29, 0.717) is 11.5 Å². The van der Waals surface area contributed by atoms with Crippen LogP contribution in [0, 0.1) is 13.8 Å². The first-order valence-corrected chi connectivity index (χ1v) is 9.68. The molecule has 146 valence electrons. The van der Waals surface area contributed by atoms with Gasteiger partial charge in [-0.25, -0.2) is 0 Å². The van der Waals surface area contributed by atoms with E-state index in [1.54, 1.807) is 24.3 Å². The van der Waals surface area contributed by atoms with Gasteiger partial charge in [-0.05, 0) is 85.2 Å². The molecule has 0 unspecified atom stereocenters. The highest BCUT2D eigenvalue weighted by Crippen LogP contribution is 2.39. The van der Waals surface area contributed by atoms with Crippen molar-refractivity contribution in [3.05, 3.63) is 88.5 Å². The Hall–Kier alpha value is -2.94. The van der Waals surface area contributed by atoms with Gasteiger partial charge in [0.25, 0.3) is 0 Å². The number of aryl methyl sites for hydroxylation is 3. The number of phenolic OH excluding ortho intramolecular Hbond substituents is 3. The molecule has 28 heavy (non-hydrogen) atoms. The third kappa shape index (κ3) is 4.14. The van der Waals surface area contributed by atoms with Crippen molar-refractivity contribution in [2.45, 2.75) is 45.4 Å². The smallest absolute Gasteiger partial charge is 0.118 e. The van der Waals surface area contributed by atoms with E-state index in [9.17, 15) is 15.3 Å². The zero-order valence-corrected chi connectivity index (χ0v) is 16.7. The van der Waals surface area contributed by atoms with Crippen LogP contribution in [0.3, 0.4) is 0 Å². The van der Waals surface area contributed by atoms with Crippen LogP contribution in [0.4, 0.5) is 0 Å². The van der Waals surface area contributed by atoms with Crippen LogP contribution >= 0.6 is 0 Å². The molecule has 0 heterocycles. The highest BCUT2D eigenvalue weighted by atomic mass is 16.3. The van der Waals surface area contributed by atoms with Gasteiger partial charge in [0.15, 0.2) is 0 Å². The maximum Gasteiger partial charge on any atom is 0.118 e. The van der Waals surface area contributed by atoms with E-state index in [-0.39, 0.29) is 11.2 Å². The first-order valence-electron chi connectivity index (χ1n) is 9.68. The maximum absolute atomic E-state index is 9.95. The lowest BCUT2D eigenvalue weighted by Gasteiger charge is -2.32. The summed E-state index contributed by atoms with van der Waals surface area (Å²) in [7, 11) is 0. The molecule has 0 fully saturated rings. The van der Waals surface area contributed by atoms with Crippen molar-refractivity contribution in [1.29, 1.82) is 0 Å². The summed E-state index contributed by atoms with van der Waals surface area (Å²) in [6.45, 7) is 6.05. The summed E-state index contributed by atoms with van der Waals surface area (Å²) in [6.07, 6.45) is 2.81. The zero-order valence-electron chi connectivity index (χ0n) is 16.7. The van der Waals surface area contributed by atoms with E-state index in [4.69, 9.17) is 0 Å². The predicted octanol–water partition coefficient (Wildman–Crippen LogP) is 5.75. The summed E-state index contributed by atoms with van der Waals surface area (Å²) < 4.78 is 0. The standard InChI is InChI=1S/C25H28O3/c1-17-15-20(8-12-23(17)27)25(3,21-9-13-24(28)18(2)16-21)14-4-5-19-6-10-22(26)11-7-19/h6-13,15-16,26-28H,4-5,14H2,1-3H3. The van der Waals surface area contributed by atoms with Crippen LogP contribution in [-0.2, 0) is 11.8 Å². The van der Waals surface area contributed by atoms with Crippen molar-refractivity contribution in [2.24, 2.45) is 0 Å². The molecule has 3 heteroatoms. The summed E-state index contributed by atoms with van der Waals surface area (Å²) in [5.41, 5.74) is 4.98. The fourth-order valence-corrected chi connectivity index (χ4v) is 3.76. The lowest BCUT2D eigenvalue weighted by Crippen LogP contribution is -2.24. The second-order valence-corrected chi connectivity index (χ2v) is 7.85. The van der Waals surface area contributed by atoms with Crippen LogP contribution in [0.5, 0.6) is 17.2 Å². The van der Waals surface area contributed by atoms with E-state index in [1.165, 1.54) is 5.56 Å². The zero-order chi connectivity index (χ0) is 20.3. The predicted molar refractivity (Wildman–Crippen MR) is 113 cm³/mol. The lowest BCUT2D eigenvalue weighted by atomic mass is 9.72. The summed E-state index contributed by atoms with van der Waals surface area (Å²) >= 11 is 0. The molecule has 0 radical (unpaired) electrons. The van der Waals surface area contributed by atoms with E-state index in [1.807, 2.05) is 38.1 Å². The van der Waals surface area contributed by atoms with Gasteiger partial charge in [0.05, 0.1) is 0 Å². The fourth-order valence-electron chi connectivity index (χ4n) is 3.76. The second-order valence-electron chi connectivity index (χ2n) is 7.85. The molecule has 0 saturated carbocycles. The Morgan fingerprint density at radius 3 is 1.68 bits per heavy atom. The highest BCUT2D eigenvalue weighted by molar-refractivity contribution is 5.47. The quantitative estimate of drug-likeness (QED) is 0.513. The number of hydrogen-bond acceptors (Lipinski definition) is 3.